The number of nitrogens with one attached hydrogen (secondary N) is 1. The van der Waals surface area contributed by atoms with E-state index in [-0.39, 0.29) is 23.8 Å². The molecular weight excluding hydrogens is 451 g/mol. The van der Waals surface area contributed by atoms with Crippen molar-refractivity contribution in [2.24, 2.45) is 0 Å². The number of carbonyl (C=O) groups excluding carboxylic acids is 2. The van der Waals surface area contributed by atoms with Gasteiger partial charge in [-0.25, -0.2) is 9.18 Å². The first-order chi connectivity index (χ1) is 16.7. The zero-order valence-corrected chi connectivity index (χ0v) is 19.3. The quantitative estimate of drug-likeness (QED) is 0.493. The third-order valence-electron chi connectivity index (χ3n) is 5.92. The fourth-order valence-corrected chi connectivity index (χ4v) is 4.34. The van der Waals surface area contributed by atoms with Crippen LogP contribution >= 0.6 is 0 Å². The highest BCUT2D eigenvalue weighted by atomic mass is 19.1. The zero-order chi connectivity index (χ0) is 25.1. The van der Waals surface area contributed by atoms with Crippen LogP contribution in [0.3, 0.4) is 0 Å². The zero-order valence-electron chi connectivity index (χ0n) is 19.3. The lowest BCUT2D eigenvalue weighted by Crippen LogP contribution is -2.40. The Bertz CT molecular complexity index is 1240. The van der Waals surface area contributed by atoms with Gasteiger partial charge in [-0.1, -0.05) is 48.5 Å². The van der Waals surface area contributed by atoms with Crippen molar-refractivity contribution in [3.8, 4) is 11.1 Å². The highest BCUT2D eigenvalue weighted by molar-refractivity contribution is 5.97. The van der Waals surface area contributed by atoms with E-state index in [1.54, 1.807) is 13.8 Å². The molecule has 0 saturated heterocycles. The predicted octanol–water partition coefficient (Wildman–Crippen LogP) is 5.12. The Kier molecular flexibility index (Phi) is 6.82. The number of carboxylic acid groups (broad SMARTS) is 1. The summed E-state index contributed by atoms with van der Waals surface area (Å²) in [5.74, 6) is -2.71. The van der Waals surface area contributed by atoms with Gasteiger partial charge >= 0.3 is 12.1 Å². The van der Waals surface area contributed by atoms with Gasteiger partial charge in [0.25, 0.3) is 5.91 Å². The van der Waals surface area contributed by atoms with Crippen LogP contribution in [0.5, 0.6) is 0 Å². The van der Waals surface area contributed by atoms with Gasteiger partial charge in [0.05, 0.1) is 0 Å². The third kappa shape index (κ3) is 5.16. The molecule has 8 heteroatoms. The molecule has 0 atom stereocenters. The van der Waals surface area contributed by atoms with Crippen molar-refractivity contribution >= 4 is 23.7 Å². The first-order valence-electron chi connectivity index (χ1n) is 11.2. The summed E-state index contributed by atoms with van der Waals surface area (Å²) in [5.41, 5.74) is 4.28. The Morgan fingerprint density at radius 1 is 1.00 bits per heavy atom. The van der Waals surface area contributed by atoms with Crippen LogP contribution in [-0.2, 0) is 9.53 Å². The van der Waals surface area contributed by atoms with Gasteiger partial charge < -0.3 is 14.7 Å². The first kappa shape index (κ1) is 23.9. The van der Waals surface area contributed by atoms with Crippen molar-refractivity contribution in [2.45, 2.75) is 25.8 Å². The number of fused-ring (bicyclic) bond motifs is 3. The number of hydrogen-bond donors (Lipinski definition) is 2. The molecule has 0 spiro atoms. The second kappa shape index (κ2) is 9.97. The molecule has 0 aliphatic heterocycles. The summed E-state index contributed by atoms with van der Waals surface area (Å²) in [4.78, 5) is 37.6. The van der Waals surface area contributed by atoms with Crippen LogP contribution in [0.15, 0.2) is 66.7 Å². The Morgan fingerprint density at radius 2 is 1.60 bits per heavy atom. The maximum atomic E-state index is 14.2. The molecule has 0 heterocycles. The third-order valence-corrected chi connectivity index (χ3v) is 5.92. The molecule has 0 bridgehead atoms. The topological polar surface area (TPSA) is 95.9 Å². The minimum atomic E-state index is -1.18. The van der Waals surface area contributed by atoms with Crippen LogP contribution in [0.4, 0.5) is 14.9 Å². The van der Waals surface area contributed by atoms with Gasteiger partial charge in [-0.2, -0.15) is 0 Å². The van der Waals surface area contributed by atoms with Crippen molar-refractivity contribution in [2.75, 3.05) is 18.5 Å². The van der Waals surface area contributed by atoms with Gasteiger partial charge in [0.1, 0.15) is 19.0 Å². The second-order valence-electron chi connectivity index (χ2n) is 8.60. The van der Waals surface area contributed by atoms with Gasteiger partial charge in [0.2, 0.25) is 0 Å². The lowest BCUT2D eigenvalue weighted by molar-refractivity contribution is -0.138. The first-order valence-corrected chi connectivity index (χ1v) is 11.2. The van der Waals surface area contributed by atoms with Crippen LogP contribution in [0, 0.1) is 5.82 Å². The maximum Gasteiger partial charge on any atom is 0.411 e. The number of hydrogen-bond acceptors (Lipinski definition) is 4. The summed E-state index contributed by atoms with van der Waals surface area (Å²) in [7, 11) is 0. The van der Waals surface area contributed by atoms with Gasteiger partial charge in [0.15, 0.2) is 0 Å². The molecule has 0 radical (unpaired) electrons. The SMILES string of the molecule is CC(C)N(CC(=O)O)C(=O)c1cc(F)cc(NC(=O)OCC2c3ccccc3-c3ccccc32)c1. The molecule has 7 nitrogen and oxygen atoms in total. The molecule has 35 heavy (non-hydrogen) atoms. The standard InChI is InChI=1S/C27H25FN2O5/c1-16(2)30(14-25(31)32)26(33)17-11-18(28)13-19(12-17)29-27(34)35-15-24-22-9-5-3-7-20(22)21-8-4-6-10-23(21)24/h3-13,16,24H,14-15H2,1-2H3,(H,29,34)(H,31,32). The fourth-order valence-electron chi connectivity index (χ4n) is 4.34. The Labute approximate surface area is 202 Å². The van der Waals surface area contributed by atoms with E-state index >= 15 is 0 Å². The summed E-state index contributed by atoms with van der Waals surface area (Å²) in [6.45, 7) is 2.88. The Morgan fingerprint density at radius 3 is 2.17 bits per heavy atom. The average Bonchev–Trinajstić information content (AvgIpc) is 3.14. The fraction of sp³-hybridized carbons (Fsp3) is 0.222. The number of ether oxygens (including phenoxy) is 1. The minimum absolute atomic E-state index is 0.0320. The number of carbonyl (C=O) groups is 3. The molecule has 2 amide bonds. The van der Waals surface area contributed by atoms with Crippen molar-refractivity contribution in [1.29, 1.82) is 0 Å². The van der Waals surface area contributed by atoms with E-state index in [9.17, 15) is 18.8 Å². The van der Waals surface area contributed by atoms with Gasteiger partial charge in [-0.15, -0.1) is 0 Å². The summed E-state index contributed by atoms with van der Waals surface area (Å²) in [6.07, 6.45) is -0.790. The lowest BCUT2D eigenvalue weighted by atomic mass is 9.98. The number of halogens is 1. The molecule has 1 aliphatic carbocycles. The van der Waals surface area contributed by atoms with Crippen LogP contribution in [0.2, 0.25) is 0 Å². The minimum Gasteiger partial charge on any atom is -0.480 e. The van der Waals surface area contributed by atoms with Crippen LogP contribution in [0.1, 0.15) is 41.3 Å². The van der Waals surface area contributed by atoms with E-state index in [0.29, 0.717) is 0 Å². The van der Waals surface area contributed by atoms with E-state index in [1.807, 2.05) is 48.5 Å². The second-order valence-corrected chi connectivity index (χ2v) is 8.60. The number of rotatable bonds is 7. The lowest BCUT2D eigenvalue weighted by Gasteiger charge is -2.25. The Balaban J connectivity index is 1.47. The van der Waals surface area contributed by atoms with Crippen molar-refractivity contribution in [3.63, 3.8) is 0 Å². The van der Waals surface area contributed by atoms with E-state index < -0.39 is 36.4 Å². The van der Waals surface area contributed by atoms with E-state index in [1.165, 1.54) is 6.07 Å². The van der Waals surface area contributed by atoms with Crippen molar-refractivity contribution < 1.29 is 28.6 Å². The molecule has 0 fully saturated rings. The predicted molar refractivity (Wildman–Crippen MR) is 129 cm³/mol. The average molecular weight is 477 g/mol. The molecular formula is C27H25FN2O5. The summed E-state index contributed by atoms with van der Waals surface area (Å²) in [5, 5.41) is 11.6. The highest BCUT2D eigenvalue weighted by Crippen LogP contribution is 2.44. The van der Waals surface area contributed by atoms with Crippen molar-refractivity contribution in [3.05, 3.63) is 89.2 Å². The number of anilines is 1. The highest BCUT2D eigenvalue weighted by Gasteiger charge is 2.29. The monoisotopic (exact) mass is 476 g/mol. The number of carboxylic acids is 1. The molecule has 3 aromatic rings. The van der Waals surface area contributed by atoms with Gasteiger partial charge in [-0.05, 0) is 54.3 Å². The molecule has 0 saturated carbocycles. The van der Waals surface area contributed by atoms with Crippen molar-refractivity contribution in [1.82, 2.24) is 4.90 Å². The van der Waals surface area contributed by atoms with Crippen LogP contribution in [-0.4, -0.2) is 47.2 Å². The van der Waals surface area contributed by atoms with Gasteiger partial charge in [0, 0.05) is 23.2 Å². The van der Waals surface area contributed by atoms with Gasteiger partial charge in [-0.3, -0.25) is 14.9 Å². The van der Waals surface area contributed by atoms with E-state index in [4.69, 9.17) is 9.84 Å². The molecule has 3 aromatic carbocycles. The summed E-state index contributed by atoms with van der Waals surface area (Å²) >= 11 is 0. The molecule has 2 N–H and O–H groups in total. The smallest absolute Gasteiger partial charge is 0.411 e. The molecule has 180 valence electrons. The molecule has 1 aliphatic rings. The molecule has 0 aromatic heterocycles. The summed E-state index contributed by atoms with van der Waals surface area (Å²) in [6, 6.07) is 18.8. The maximum absolute atomic E-state index is 14.2. The van der Waals surface area contributed by atoms with E-state index in [0.717, 1.165) is 39.3 Å². The molecule has 0 unspecified atom stereocenters. The number of amides is 2. The van der Waals surface area contributed by atoms with E-state index in [2.05, 4.69) is 5.32 Å². The normalized spacial score (nSPS) is 12.1. The number of benzene rings is 3. The number of aliphatic carboxylic acids is 1. The number of nitrogens with zero attached hydrogens (tertiary/aromatic N) is 1. The largest absolute Gasteiger partial charge is 0.480 e. The summed E-state index contributed by atoms with van der Waals surface area (Å²) < 4.78 is 19.7. The Hall–Kier alpha value is -4.20. The van der Waals surface area contributed by atoms with Crippen LogP contribution in [0.25, 0.3) is 11.1 Å². The van der Waals surface area contributed by atoms with Crippen LogP contribution < -0.4 is 5.32 Å². The molecule has 4 rings (SSSR count).